The monoisotopic (exact) mass is 322 g/mol. The van der Waals surface area contributed by atoms with Gasteiger partial charge >= 0.3 is 6.09 Å². The van der Waals surface area contributed by atoms with Gasteiger partial charge in [0.15, 0.2) is 0 Å². The smallest absolute Gasteiger partial charge is 0.419 e. The molecule has 2 heterocycles. The molecule has 0 amide bonds. The lowest BCUT2D eigenvalue weighted by Gasteiger charge is -2.20. The van der Waals surface area contributed by atoms with E-state index in [1.807, 2.05) is 45.0 Å². The second-order valence-corrected chi connectivity index (χ2v) is 5.90. The highest BCUT2D eigenvalue weighted by Crippen LogP contribution is 2.21. The van der Waals surface area contributed by atoms with Gasteiger partial charge in [0, 0.05) is 6.20 Å². The predicted octanol–water partition coefficient (Wildman–Crippen LogP) is 4.10. The first-order valence-electron chi connectivity index (χ1n) is 5.90. The maximum atomic E-state index is 12.1. The van der Waals surface area contributed by atoms with Crippen molar-refractivity contribution in [3.63, 3.8) is 0 Å². The molecule has 0 aliphatic heterocycles. The van der Waals surface area contributed by atoms with E-state index in [1.54, 1.807) is 12.3 Å². The van der Waals surface area contributed by atoms with Crippen LogP contribution in [0.15, 0.2) is 41.1 Å². The second-order valence-electron chi connectivity index (χ2n) is 5.09. The van der Waals surface area contributed by atoms with Crippen LogP contribution >= 0.6 is 15.9 Å². The largest absolute Gasteiger partial charge is 0.443 e. The zero-order valence-electron chi connectivity index (χ0n) is 11.1. The molecule has 2 rings (SSSR count). The molecule has 0 bridgehead atoms. The Morgan fingerprint density at radius 3 is 2.63 bits per heavy atom. The van der Waals surface area contributed by atoms with E-state index in [1.165, 1.54) is 4.57 Å². The van der Waals surface area contributed by atoms with Crippen molar-refractivity contribution >= 4 is 22.0 Å². The fraction of sp³-hybridized carbons (Fsp3) is 0.286. The Balaban J connectivity index is 2.35. The van der Waals surface area contributed by atoms with Crippen LogP contribution in [0.4, 0.5) is 4.79 Å². The van der Waals surface area contributed by atoms with Gasteiger partial charge in [-0.15, -0.1) is 0 Å². The Hall–Kier alpha value is -1.62. The van der Waals surface area contributed by atoms with E-state index in [4.69, 9.17) is 4.74 Å². The number of pyridine rings is 1. The van der Waals surface area contributed by atoms with Crippen LogP contribution in [0.1, 0.15) is 20.8 Å². The number of aromatic nitrogens is 2. The van der Waals surface area contributed by atoms with Gasteiger partial charge in [0.05, 0.1) is 11.4 Å². The van der Waals surface area contributed by atoms with Crippen molar-refractivity contribution in [1.82, 2.24) is 9.55 Å². The maximum Gasteiger partial charge on any atom is 0.419 e. The van der Waals surface area contributed by atoms with Gasteiger partial charge < -0.3 is 4.74 Å². The molecule has 0 N–H and O–H groups in total. The van der Waals surface area contributed by atoms with E-state index in [0.29, 0.717) is 11.4 Å². The zero-order chi connectivity index (χ0) is 14.0. The SMILES string of the molecule is CC(C)(C)OC(=O)n1cccc1-c1cccc(Br)n1. The van der Waals surface area contributed by atoms with E-state index in [0.717, 1.165) is 4.60 Å². The Labute approximate surface area is 120 Å². The van der Waals surface area contributed by atoms with Gasteiger partial charge in [-0.1, -0.05) is 6.07 Å². The quantitative estimate of drug-likeness (QED) is 0.742. The Bertz CT molecular complexity index is 599. The lowest BCUT2D eigenvalue weighted by molar-refractivity contribution is 0.0540. The summed E-state index contributed by atoms with van der Waals surface area (Å²) in [5.41, 5.74) is 0.893. The number of ether oxygens (including phenoxy) is 1. The Morgan fingerprint density at radius 2 is 2.00 bits per heavy atom. The minimum absolute atomic E-state index is 0.408. The van der Waals surface area contributed by atoms with Crippen molar-refractivity contribution in [2.75, 3.05) is 0 Å². The molecular weight excluding hydrogens is 308 g/mol. The molecule has 19 heavy (non-hydrogen) atoms. The van der Waals surface area contributed by atoms with Crippen molar-refractivity contribution in [3.05, 3.63) is 41.1 Å². The normalized spacial score (nSPS) is 11.4. The first-order chi connectivity index (χ1) is 8.87. The van der Waals surface area contributed by atoms with E-state index in [9.17, 15) is 4.79 Å². The summed E-state index contributed by atoms with van der Waals surface area (Å²) in [5, 5.41) is 0. The zero-order valence-corrected chi connectivity index (χ0v) is 12.6. The molecule has 5 heteroatoms. The lowest BCUT2D eigenvalue weighted by atomic mass is 10.2. The van der Waals surface area contributed by atoms with Crippen LogP contribution in [-0.2, 0) is 4.74 Å². The average molecular weight is 323 g/mol. The first kappa shape index (κ1) is 13.8. The fourth-order valence-corrected chi connectivity index (χ4v) is 1.95. The molecule has 0 atom stereocenters. The molecule has 4 nitrogen and oxygen atoms in total. The Kier molecular flexibility index (Phi) is 3.75. The molecule has 0 aromatic carbocycles. The average Bonchev–Trinajstić information content (AvgIpc) is 2.75. The highest BCUT2D eigenvalue weighted by Gasteiger charge is 2.20. The molecule has 0 saturated carbocycles. The van der Waals surface area contributed by atoms with Gasteiger partial charge in [0.1, 0.15) is 10.2 Å². The van der Waals surface area contributed by atoms with Gasteiger partial charge in [-0.25, -0.2) is 9.78 Å². The summed E-state index contributed by atoms with van der Waals surface area (Å²) in [6.07, 6.45) is 1.26. The van der Waals surface area contributed by atoms with Crippen molar-refractivity contribution in [1.29, 1.82) is 0 Å². The fourth-order valence-electron chi connectivity index (χ4n) is 1.61. The first-order valence-corrected chi connectivity index (χ1v) is 6.70. The topological polar surface area (TPSA) is 44.1 Å². The predicted molar refractivity (Wildman–Crippen MR) is 77.0 cm³/mol. The molecule has 0 aliphatic rings. The second kappa shape index (κ2) is 5.17. The highest BCUT2D eigenvalue weighted by molar-refractivity contribution is 9.10. The summed E-state index contributed by atoms with van der Waals surface area (Å²) >= 11 is 3.32. The van der Waals surface area contributed by atoms with Crippen molar-refractivity contribution in [2.45, 2.75) is 26.4 Å². The summed E-state index contributed by atoms with van der Waals surface area (Å²) in [7, 11) is 0. The van der Waals surface area contributed by atoms with Crippen LogP contribution in [0.5, 0.6) is 0 Å². The molecule has 0 saturated heterocycles. The van der Waals surface area contributed by atoms with E-state index in [-0.39, 0.29) is 0 Å². The molecular formula is C14H15BrN2O2. The minimum Gasteiger partial charge on any atom is -0.443 e. The lowest BCUT2D eigenvalue weighted by Crippen LogP contribution is -2.27. The summed E-state index contributed by atoms with van der Waals surface area (Å²) < 4.78 is 7.54. The standard InChI is InChI=1S/C14H15BrN2O2/c1-14(2,3)19-13(18)17-9-5-7-11(17)10-6-4-8-12(15)16-10/h4-9H,1-3H3. The van der Waals surface area contributed by atoms with Crippen LogP contribution < -0.4 is 0 Å². The van der Waals surface area contributed by atoms with Crippen LogP contribution in [0.2, 0.25) is 0 Å². The van der Waals surface area contributed by atoms with Gasteiger partial charge in [0.2, 0.25) is 0 Å². The third-order valence-corrected chi connectivity index (χ3v) is 2.76. The number of halogens is 1. The molecule has 0 unspecified atom stereocenters. The van der Waals surface area contributed by atoms with Gasteiger partial charge in [0.25, 0.3) is 0 Å². The van der Waals surface area contributed by atoms with Crippen LogP contribution in [0.3, 0.4) is 0 Å². The molecule has 0 spiro atoms. The molecule has 0 radical (unpaired) electrons. The number of hydrogen-bond donors (Lipinski definition) is 0. The van der Waals surface area contributed by atoms with E-state index >= 15 is 0 Å². The number of hydrogen-bond acceptors (Lipinski definition) is 3. The number of carbonyl (C=O) groups is 1. The summed E-state index contributed by atoms with van der Waals surface area (Å²) in [6, 6.07) is 9.19. The highest BCUT2D eigenvalue weighted by atomic mass is 79.9. The van der Waals surface area contributed by atoms with Gasteiger partial charge in [-0.2, -0.15) is 0 Å². The van der Waals surface area contributed by atoms with Crippen LogP contribution in [0.25, 0.3) is 11.4 Å². The molecule has 2 aromatic rings. The van der Waals surface area contributed by atoms with Crippen LogP contribution in [0, 0.1) is 0 Å². The molecule has 0 aliphatic carbocycles. The summed E-state index contributed by atoms with van der Waals surface area (Å²) in [5.74, 6) is 0. The Morgan fingerprint density at radius 1 is 1.26 bits per heavy atom. The van der Waals surface area contributed by atoms with Gasteiger partial charge in [-0.3, -0.25) is 4.57 Å². The summed E-state index contributed by atoms with van der Waals surface area (Å²) in [4.78, 5) is 16.4. The molecule has 100 valence electrons. The summed E-state index contributed by atoms with van der Waals surface area (Å²) in [6.45, 7) is 5.52. The van der Waals surface area contributed by atoms with E-state index < -0.39 is 11.7 Å². The van der Waals surface area contributed by atoms with Crippen molar-refractivity contribution in [3.8, 4) is 11.4 Å². The van der Waals surface area contributed by atoms with Gasteiger partial charge in [-0.05, 0) is 61.0 Å². The molecule has 0 fully saturated rings. The minimum atomic E-state index is -0.524. The maximum absolute atomic E-state index is 12.1. The van der Waals surface area contributed by atoms with Crippen LogP contribution in [-0.4, -0.2) is 21.2 Å². The number of carbonyl (C=O) groups excluding carboxylic acids is 1. The number of rotatable bonds is 1. The van der Waals surface area contributed by atoms with Crippen molar-refractivity contribution < 1.29 is 9.53 Å². The third kappa shape index (κ3) is 3.44. The van der Waals surface area contributed by atoms with Crippen molar-refractivity contribution in [2.24, 2.45) is 0 Å². The number of nitrogens with zero attached hydrogens (tertiary/aromatic N) is 2. The third-order valence-electron chi connectivity index (χ3n) is 2.32. The molecule has 2 aromatic heterocycles. The van der Waals surface area contributed by atoms with E-state index in [2.05, 4.69) is 20.9 Å².